The average molecular weight is 272 g/mol. The molecule has 0 fully saturated rings. The van der Waals surface area contributed by atoms with Crippen molar-refractivity contribution >= 4 is 0 Å². The van der Waals surface area contributed by atoms with E-state index in [9.17, 15) is 4.39 Å². The van der Waals surface area contributed by atoms with Gasteiger partial charge in [-0.1, -0.05) is 30.7 Å². The van der Waals surface area contributed by atoms with Crippen LogP contribution >= 0.6 is 0 Å². The largest absolute Gasteiger partial charge is 0.306 e. The van der Waals surface area contributed by atoms with E-state index in [1.54, 1.807) is 12.3 Å². The fourth-order valence-electron chi connectivity index (χ4n) is 2.43. The van der Waals surface area contributed by atoms with Crippen LogP contribution in [0.15, 0.2) is 36.7 Å². The topological polar surface area (TPSA) is 24.9 Å². The molecule has 0 bridgehead atoms. The van der Waals surface area contributed by atoms with Gasteiger partial charge in [0.1, 0.15) is 5.82 Å². The first-order valence-corrected chi connectivity index (χ1v) is 7.02. The number of hydrogen-bond donors (Lipinski definition) is 1. The van der Waals surface area contributed by atoms with Gasteiger partial charge in [0.15, 0.2) is 0 Å². The summed E-state index contributed by atoms with van der Waals surface area (Å²) in [6.07, 6.45) is 4.00. The Morgan fingerprint density at radius 1 is 1.20 bits per heavy atom. The van der Waals surface area contributed by atoms with Crippen LogP contribution in [0.25, 0.3) is 0 Å². The van der Waals surface area contributed by atoms with E-state index in [1.807, 2.05) is 0 Å². The number of nitrogens with one attached hydrogen (secondary N) is 1. The van der Waals surface area contributed by atoms with Crippen LogP contribution in [-0.2, 0) is 0 Å². The predicted octanol–water partition coefficient (Wildman–Crippen LogP) is 3.93. The molecule has 0 aliphatic carbocycles. The Labute approximate surface area is 120 Å². The number of benzene rings is 1. The maximum atomic E-state index is 13.4. The van der Waals surface area contributed by atoms with Crippen molar-refractivity contribution in [3.05, 3.63) is 64.7 Å². The number of aryl methyl sites for hydroxylation is 2. The van der Waals surface area contributed by atoms with E-state index in [1.165, 1.54) is 22.9 Å². The Hall–Kier alpha value is -1.74. The van der Waals surface area contributed by atoms with Crippen molar-refractivity contribution in [2.75, 3.05) is 6.54 Å². The molecule has 0 aliphatic rings. The minimum atomic E-state index is -0.296. The number of pyridine rings is 1. The summed E-state index contributed by atoms with van der Waals surface area (Å²) in [7, 11) is 0. The van der Waals surface area contributed by atoms with Gasteiger partial charge in [0, 0.05) is 6.20 Å². The lowest BCUT2D eigenvalue weighted by Gasteiger charge is -2.21. The molecular weight excluding hydrogens is 251 g/mol. The van der Waals surface area contributed by atoms with Gasteiger partial charge in [0.05, 0.1) is 12.2 Å². The van der Waals surface area contributed by atoms with Crippen molar-refractivity contribution in [2.45, 2.75) is 33.2 Å². The van der Waals surface area contributed by atoms with E-state index in [2.05, 4.69) is 49.3 Å². The molecule has 20 heavy (non-hydrogen) atoms. The Bertz CT molecular complexity index is 581. The zero-order valence-electron chi connectivity index (χ0n) is 12.3. The van der Waals surface area contributed by atoms with Gasteiger partial charge in [-0.25, -0.2) is 4.39 Å². The minimum Gasteiger partial charge on any atom is -0.306 e. The average Bonchev–Trinajstić information content (AvgIpc) is 2.41. The zero-order chi connectivity index (χ0) is 14.5. The van der Waals surface area contributed by atoms with Gasteiger partial charge in [0.2, 0.25) is 0 Å². The molecule has 1 unspecified atom stereocenters. The lowest BCUT2D eigenvalue weighted by molar-refractivity contribution is 0.579. The van der Waals surface area contributed by atoms with Crippen molar-refractivity contribution in [3.63, 3.8) is 0 Å². The van der Waals surface area contributed by atoms with Crippen molar-refractivity contribution in [1.29, 1.82) is 0 Å². The highest BCUT2D eigenvalue weighted by molar-refractivity contribution is 5.38. The molecule has 0 saturated heterocycles. The van der Waals surface area contributed by atoms with E-state index < -0.39 is 0 Å². The molecule has 1 atom stereocenters. The molecular formula is C17H21FN2. The first-order valence-electron chi connectivity index (χ1n) is 7.02. The molecule has 2 rings (SSSR count). The molecule has 1 heterocycles. The van der Waals surface area contributed by atoms with E-state index in [-0.39, 0.29) is 11.9 Å². The fraction of sp³-hybridized carbons (Fsp3) is 0.353. The summed E-state index contributed by atoms with van der Waals surface area (Å²) in [6, 6.07) is 7.90. The summed E-state index contributed by atoms with van der Waals surface area (Å²) in [5.41, 5.74) is 4.49. The summed E-state index contributed by atoms with van der Waals surface area (Å²) < 4.78 is 13.4. The molecule has 106 valence electrons. The van der Waals surface area contributed by atoms with Gasteiger partial charge in [-0.15, -0.1) is 0 Å². The van der Waals surface area contributed by atoms with Crippen LogP contribution in [-0.4, -0.2) is 11.5 Å². The molecule has 0 saturated carbocycles. The first kappa shape index (κ1) is 14.7. The molecule has 2 nitrogen and oxygen atoms in total. The second kappa shape index (κ2) is 6.62. The van der Waals surface area contributed by atoms with Gasteiger partial charge >= 0.3 is 0 Å². The molecule has 1 aromatic heterocycles. The van der Waals surface area contributed by atoms with Gasteiger partial charge in [-0.05, 0) is 49.6 Å². The third-order valence-electron chi connectivity index (χ3n) is 3.39. The number of aromatic nitrogens is 1. The van der Waals surface area contributed by atoms with Crippen molar-refractivity contribution in [1.82, 2.24) is 10.3 Å². The highest BCUT2D eigenvalue weighted by Gasteiger charge is 2.16. The summed E-state index contributed by atoms with van der Waals surface area (Å²) in [5, 5.41) is 3.48. The van der Waals surface area contributed by atoms with Gasteiger partial charge in [-0.2, -0.15) is 0 Å². The predicted molar refractivity (Wildman–Crippen MR) is 80.2 cm³/mol. The van der Waals surface area contributed by atoms with Gasteiger partial charge in [0.25, 0.3) is 0 Å². The third-order valence-corrected chi connectivity index (χ3v) is 3.39. The Morgan fingerprint density at radius 3 is 2.65 bits per heavy atom. The fourth-order valence-corrected chi connectivity index (χ4v) is 2.43. The number of nitrogens with zero attached hydrogens (tertiary/aromatic N) is 1. The Morgan fingerprint density at radius 2 is 2.00 bits per heavy atom. The zero-order valence-corrected chi connectivity index (χ0v) is 12.3. The molecule has 3 heteroatoms. The molecule has 0 aliphatic heterocycles. The van der Waals surface area contributed by atoms with Crippen LogP contribution in [0.5, 0.6) is 0 Å². The monoisotopic (exact) mass is 272 g/mol. The lowest BCUT2D eigenvalue weighted by atomic mass is 9.94. The molecule has 1 N–H and O–H groups in total. The first-order chi connectivity index (χ1) is 9.61. The van der Waals surface area contributed by atoms with Crippen molar-refractivity contribution in [3.8, 4) is 0 Å². The Kier molecular flexibility index (Phi) is 4.85. The standard InChI is InChI=1S/C17H21FN2/c1-4-7-20-17(14-9-15(18)11-19-10-14)16-6-5-12(2)8-13(16)3/h5-6,8-11,17,20H,4,7H2,1-3H3. The molecule has 0 amide bonds. The van der Waals surface area contributed by atoms with Crippen molar-refractivity contribution in [2.24, 2.45) is 0 Å². The maximum absolute atomic E-state index is 13.4. The smallest absolute Gasteiger partial charge is 0.141 e. The molecule has 2 aromatic rings. The number of hydrogen-bond acceptors (Lipinski definition) is 2. The molecule has 0 radical (unpaired) electrons. The maximum Gasteiger partial charge on any atom is 0.141 e. The summed E-state index contributed by atoms with van der Waals surface area (Å²) in [6.45, 7) is 7.18. The van der Waals surface area contributed by atoms with Crippen LogP contribution in [0.3, 0.4) is 0 Å². The number of halogens is 1. The third kappa shape index (κ3) is 3.42. The number of rotatable bonds is 5. The van der Waals surface area contributed by atoms with E-state index in [0.29, 0.717) is 0 Å². The second-order valence-corrected chi connectivity index (χ2v) is 5.18. The molecule has 0 spiro atoms. The summed E-state index contributed by atoms with van der Waals surface area (Å²) in [4.78, 5) is 3.97. The van der Waals surface area contributed by atoms with Crippen LogP contribution in [0, 0.1) is 19.7 Å². The van der Waals surface area contributed by atoms with Crippen LogP contribution in [0.4, 0.5) is 4.39 Å². The van der Waals surface area contributed by atoms with E-state index in [0.717, 1.165) is 18.5 Å². The quantitative estimate of drug-likeness (QED) is 0.892. The highest BCUT2D eigenvalue weighted by atomic mass is 19.1. The van der Waals surface area contributed by atoms with E-state index >= 15 is 0 Å². The lowest BCUT2D eigenvalue weighted by Crippen LogP contribution is -2.24. The SMILES string of the molecule is CCCNC(c1cncc(F)c1)c1ccc(C)cc1C. The summed E-state index contributed by atoms with van der Waals surface area (Å²) >= 11 is 0. The van der Waals surface area contributed by atoms with Crippen molar-refractivity contribution < 1.29 is 4.39 Å². The second-order valence-electron chi connectivity index (χ2n) is 5.18. The molecule has 1 aromatic carbocycles. The highest BCUT2D eigenvalue weighted by Crippen LogP contribution is 2.25. The minimum absolute atomic E-state index is 0.0150. The normalized spacial score (nSPS) is 12.4. The van der Waals surface area contributed by atoms with Gasteiger partial charge in [-0.3, -0.25) is 4.98 Å². The van der Waals surface area contributed by atoms with Gasteiger partial charge < -0.3 is 5.32 Å². The van der Waals surface area contributed by atoms with Crippen LogP contribution in [0.1, 0.15) is 41.6 Å². The van der Waals surface area contributed by atoms with Crippen LogP contribution < -0.4 is 5.32 Å². The van der Waals surface area contributed by atoms with Crippen LogP contribution in [0.2, 0.25) is 0 Å². The Balaban J connectivity index is 2.41. The summed E-state index contributed by atoms with van der Waals surface area (Å²) in [5.74, 6) is -0.296. The van der Waals surface area contributed by atoms with E-state index in [4.69, 9.17) is 0 Å².